The minimum atomic E-state index is -0.0397. The number of amides is 2. The van der Waals surface area contributed by atoms with E-state index >= 15 is 0 Å². The lowest BCUT2D eigenvalue weighted by Gasteiger charge is -2.33. The molecular formula is C19H22N6O. The number of aromatic nitrogens is 4. The van der Waals surface area contributed by atoms with Crippen LogP contribution >= 0.6 is 0 Å². The van der Waals surface area contributed by atoms with Crippen LogP contribution in [-0.4, -0.2) is 43.5 Å². The van der Waals surface area contributed by atoms with Crippen LogP contribution in [0.3, 0.4) is 0 Å². The van der Waals surface area contributed by atoms with Crippen molar-refractivity contribution in [2.45, 2.75) is 19.4 Å². The Morgan fingerprint density at radius 1 is 1.35 bits per heavy atom. The molecule has 7 nitrogen and oxygen atoms in total. The van der Waals surface area contributed by atoms with Gasteiger partial charge in [0.2, 0.25) is 0 Å². The molecule has 1 atom stereocenters. The molecule has 134 valence electrons. The third-order valence-electron chi connectivity index (χ3n) is 4.76. The van der Waals surface area contributed by atoms with E-state index in [9.17, 15) is 4.79 Å². The highest BCUT2D eigenvalue weighted by atomic mass is 16.2. The lowest BCUT2D eigenvalue weighted by Crippen LogP contribution is -2.43. The number of likely N-dealkylation sites (tertiary alicyclic amines) is 1. The van der Waals surface area contributed by atoms with Crippen LogP contribution in [0, 0.1) is 5.92 Å². The summed E-state index contributed by atoms with van der Waals surface area (Å²) < 4.78 is 2.08. The molecule has 0 radical (unpaired) electrons. The van der Waals surface area contributed by atoms with E-state index in [1.54, 1.807) is 18.7 Å². The van der Waals surface area contributed by atoms with Gasteiger partial charge in [-0.3, -0.25) is 0 Å². The van der Waals surface area contributed by atoms with Crippen molar-refractivity contribution in [2.24, 2.45) is 5.92 Å². The molecule has 1 aromatic carbocycles. The molecule has 7 heteroatoms. The topological polar surface area (TPSA) is 78.8 Å². The molecule has 2 amide bonds. The summed E-state index contributed by atoms with van der Waals surface area (Å²) in [5.74, 6) is 0.458. The summed E-state index contributed by atoms with van der Waals surface area (Å²) in [6.07, 6.45) is 11.2. The van der Waals surface area contributed by atoms with E-state index in [0.29, 0.717) is 5.92 Å². The average molecular weight is 350 g/mol. The zero-order chi connectivity index (χ0) is 17.8. The molecule has 3 heterocycles. The number of urea groups is 1. The summed E-state index contributed by atoms with van der Waals surface area (Å²) in [5, 5.41) is 3.03. The van der Waals surface area contributed by atoms with Crippen molar-refractivity contribution in [3.63, 3.8) is 0 Å². The van der Waals surface area contributed by atoms with Crippen molar-refractivity contribution in [2.75, 3.05) is 18.4 Å². The maximum atomic E-state index is 12.7. The summed E-state index contributed by atoms with van der Waals surface area (Å²) in [7, 11) is 0. The van der Waals surface area contributed by atoms with Crippen molar-refractivity contribution < 1.29 is 4.79 Å². The Labute approximate surface area is 152 Å². The van der Waals surface area contributed by atoms with E-state index in [-0.39, 0.29) is 6.03 Å². The molecule has 1 aliphatic rings. The smallest absolute Gasteiger partial charge is 0.321 e. The third kappa shape index (κ3) is 3.77. The molecule has 0 unspecified atom stereocenters. The standard InChI is InChI=1S/C19H22N6O/c26-19(23-17-5-1-4-16(9-17)18-10-21-13-22-18)25-7-2-3-15(12-25)11-24-8-6-20-14-24/h1,4-6,8-10,13-15H,2-3,7,11-12H2,(H,21,22)(H,23,26)/t15-/m1/s1. The minimum Gasteiger partial charge on any atom is -0.345 e. The van der Waals surface area contributed by atoms with E-state index in [1.807, 2.05) is 41.7 Å². The first-order chi connectivity index (χ1) is 12.8. The van der Waals surface area contributed by atoms with Crippen LogP contribution in [0.25, 0.3) is 11.3 Å². The third-order valence-corrected chi connectivity index (χ3v) is 4.76. The molecule has 1 aliphatic heterocycles. The van der Waals surface area contributed by atoms with Crippen molar-refractivity contribution in [1.29, 1.82) is 0 Å². The van der Waals surface area contributed by atoms with Crippen molar-refractivity contribution >= 4 is 11.7 Å². The SMILES string of the molecule is O=C(Nc1cccc(-c2cnc[nH]2)c1)N1CCC[C@H](Cn2ccnc2)C1. The number of nitrogens with zero attached hydrogens (tertiary/aromatic N) is 4. The Bertz CT molecular complexity index is 843. The molecule has 2 N–H and O–H groups in total. The van der Waals surface area contributed by atoms with Crippen LogP contribution < -0.4 is 5.32 Å². The highest BCUT2D eigenvalue weighted by Crippen LogP contribution is 2.22. The van der Waals surface area contributed by atoms with Gasteiger partial charge in [0.15, 0.2) is 0 Å². The van der Waals surface area contributed by atoms with Crippen molar-refractivity contribution in [1.82, 2.24) is 24.4 Å². The number of hydrogen-bond donors (Lipinski definition) is 2. The van der Waals surface area contributed by atoms with Gasteiger partial charge >= 0.3 is 6.03 Å². The average Bonchev–Trinajstić information content (AvgIpc) is 3.36. The zero-order valence-electron chi connectivity index (χ0n) is 14.5. The zero-order valence-corrected chi connectivity index (χ0v) is 14.5. The van der Waals surface area contributed by atoms with E-state index in [2.05, 4.69) is 24.8 Å². The summed E-state index contributed by atoms with van der Waals surface area (Å²) in [4.78, 5) is 25.8. The van der Waals surface area contributed by atoms with Crippen molar-refractivity contribution in [3.8, 4) is 11.3 Å². The van der Waals surface area contributed by atoms with Gasteiger partial charge < -0.3 is 19.8 Å². The van der Waals surface area contributed by atoms with Gasteiger partial charge in [0.1, 0.15) is 0 Å². The maximum Gasteiger partial charge on any atom is 0.321 e. The molecule has 26 heavy (non-hydrogen) atoms. The van der Waals surface area contributed by atoms with E-state index in [0.717, 1.165) is 49.4 Å². The Hall–Kier alpha value is -3.09. The predicted octanol–water partition coefficient (Wildman–Crippen LogP) is 3.22. The van der Waals surface area contributed by atoms with Gasteiger partial charge in [0.05, 0.1) is 24.5 Å². The Morgan fingerprint density at radius 3 is 3.12 bits per heavy atom. The first-order valence-corrected chi connectivity index (χ1v) is 8.88. The molecule has 1 fully saturated rings. The number of carbonyl (C=O) groups excluding carboxylic acids is 1. The fourth-order valence-electron chi connectivity index (χ4n) is 3.47. The normalized spacial score (nSPS) is 17.2. The number of benzene rings is 1. The largest absolute Gasteiger partial charge is 0.345 e. The van der Waals surface area contributed by atoms with Gasteiger partial charge in [-0.05, 0) is 30.9 Å². The second kappa shape index (κ2) is 7.43. The van der Waals surface area contributed by atoms with Crippen LogP contribution in [0.4, 0.5) is 10.5 Å². The Morgan fingerprint density at radius 2 is 2.31 bits per heavy atom. The van der Waals surface area contributed by atoms with Gasteiger partial charge in [-0.1, -0.05) is 12.1 Å². The summed E-state index contributed by atoms with van der Waals surface area (Å²) >= 11 is 0. The van der Waals surface area contributed by atoms with Crippen LogP contribution in [0.15, 0.2) is 55.5 Å². The molecule has 4 rings (SSSR count). The van der Waals surface area contributed by atoms with Crippen LogP contribution in [0.1, 0.15) is 12.8 Å². The second-order valence-corrected chi connectivity index (χ2v) is 6.69. The molecular weight excluding hydrogens is 328 g/mol. The highest BCUT2D eigenvalue weighted by molar-refractivity contribution is 5.90. The Kier molecular flexibility index (Phi) is 4.68. The van der Waals surface area contributed by atoms with Gasteiger partial charge in [0, 0.05) is 43.3 Å². The van der Waals surface area contributed by atoms with Crippen LogP contribution in [-0.2, 0) is 6.54 Å². The fourth-order valence-corrected chi connectivity index (χ4v) is 3.47. The van der Waals surface area contributed by atoms with E-state index < -0.39 is 0 Å². The number of H-pyrrole nitrogens is 1. The summed E-state index contributed by atoms with van der Waals surface area (Å²) in [6, 6.07) is 7.75. The first-order valence-electron chi connectivity index (χ1n) is 8.88. The number of aromatic amines is 1. The van der Waals surface area contributed by atoms with Gasteiger partial charge in [-0.2, -0.15) is 0 Å². The summed E-state index contributed by atoms with van der Waals surface area (Å²) in [6.45, 7) is 2.47. The van der Waals surface area contributed by atoms with Crippen LogP contribution in [0.5, 0.6) is 0 Å². The molecule has 0 saturated carbocycles. The molecule has 0 aliphatic carbocycles. The number of rotatable bonds is 4. The number of hydrogen-bond acceptors (Lipinski definition) is 3. The lowest BCUT2D eigenvalue weighted by molar-refractivity contribution is 0.170. The molecule has 0 spiro atoms. The van der Waals surface area contributed by atoms with Crippen LogP contribution in [0.2, 0.25) is 0 Å². The first kappa shape index (κ1) is 16.4. The van der Waals surface area contributed by atoms with E-state index in [1.165, 1.54) is 0 Å². The second-order valence-electron chi connectivity index (χ2n) is 6.69. The predicted molar refractivity (Wildman–Crippen MR) is 99.6 cm³/mol. The highest BCUT2D eigenvalue weighted by Gasteiger charge is 2.24. The maximum absolute atomic E-state index is 12.7. The Balaban J connectivity index is 1.39. The number of piperidine rings is 1. The minimum absolute atomic E-state index is 0.0397. The monoisotopic (exact) mass is 350 g/mol. The quantitative estimate of drug-likeness (QED) is 0.758. The van der Waals surface area contributed by atoms with Gasteiger partial charge in [0.25, 0.3) is 0 Å². The number of imidazole rings is 2. The summed E-state index contributed by atoms with van der Waals surface area (Å²) in [5.41, 5.74) is 2.72. The molecule has 0 bridgehead atoms. The molecule has 1 saturated heterocycles. The van der Waals surface area contributed by atoms with Crippen molar-refractivity contribution in [3.05, 3.63) is 55.5 Å². The number of nitrogens with one attached hydrogen (secondary N) is 2. The fraction of sp³-hybridized carbons (Fsp3) is 0.316. The van der Waals surface area contributed by atoms with E-state index in [4.69, 9.17) is 0 Å². The van der Waals surface area contributed by atoms with Gasteiger partial charge in [-0.25, -0.2) is 14.8 Å². The number of carbonyl (C=O) groups is 1. The molecule has 2 aromatic heterocycles. The van der Waals surface area contributed by atoms with Gasteiger partial charge in [-0.15, -0.1) is 0 Å². The number of anilines is 1. The lowest BCUT2D eigenvalue weighted by atomic mass is 9.98. The molecule has 3 aromatic rings.